The van der Waals surface area contributed by atoms with Crippen LogP contribution in [0.25, 0.3) is 11.2 Å². The van der Waals surface area contributed by atoms with Crippen LogP contribution in [-0.4, -0.2) is 29.7 Å². The van der Waals surface area contributed by atoms with Crippen molar-refractivity contribution < 1.29 is 14.4 Å². The number of hydrogen-bond donors (Lipinski definition) is 4. The molecule has 0 aliphatic carbocycles. The molecule has 0 saturated carbocycles. The lowest BCUT2D eigenvalue weighted by molar-refractivity contribution is 0.385. The maximum Gasteiger partial charge on any atom is 0.393 e. The average Bonchev–Trinajstić information content (AvgIpc) is 2.50. The second-order valence-electron chi connectivity index (χ2n) is 2.55. The van der Waals surface area contributed by atoms with Crippen molar-refractivity contribution in [3.8, 4) is 0 Å². The number of rotatable bonds is 1. The molecule has 2 aromatic rings. The number of nitrogens with one attached hydrogen (secondary N) is 1. The summed E-state index contributed by atoms with van der Waals surface area (Å²) in [5, 5.41) is 0. The normalized spacial score (nSPS) is 12.1. The molecule has 0 radical (unpaired) electrons. The van der Waals surface area contributed by atoms with Crippen molar-refractivity contribution in [3.05, 3.63) is 6.33 Å². The molecule has 0 atom stereocenters. The first-order valence-corrected chi connectivity index (χ1v) is 5.12. The topological polar surface area (TPSA) is 138 Å². The van der Waals surface area contributed by atoms with Crippen molar-refractivity contribution in [2.45, 2.75) is 0 Å². The van der Waals surface area contributed by atoms with E-state index in [0.717, 1.165) is 0 Å². The molecule has 0 amide bonds. The van der Waals surface area contributed by atoms with Gasteiger partial charge in [-0.05, 0) is 0 Å². The Morgan fingerprint density at radius 3 is 2.79 bits per heavy atom. The van der Waals surface area contributed by atoms with Crippen molar-refractivity contribution >= 4 is 30.1 Å². The van der Waals surface area contributed by atoms with Gasteiger partial charge in [0.1, 0.15) is 5.52 Å². The molecule has 2 heterocycles. The minimum absolute atomic E-state index is 0.0606. The zero-order chi connectivity index (χ0) is 10.3. The van der Waals surface area contributed by atoms with Crippen molar-refractivity contribution in [1.82, 2.24) is 19.9 Å². The van der Waals surface area contributed by atoms with E-state index in [0.29, 0.717) is 5.52 Å². The maximum atomic E-state index is 10.8. The minimum Gasteiger partial charge on any atom is -0.382 e. The zero-order valence-corrected chi connectivity index (χ0v) is 7.64. The van der Waals surface area contributed by atoms with Crippen LogP contribution in [0.3, 0.4) is 0 Å². The number of fused-ring (bicyclic) bond motifs is 1. The Labute approximate surface area is 77.4 Å². The van der Waals surface area contributed by atoms with Crippen molar-refractivity contribution in [3.63, 3.8) is 0 Å². The van der Waals surface area contributed by atoms with Crippen LogP contribution < -0.4 is 11.3 Å². The number of imidazole rings is 1. The van der Waals surface area contributed by atoms with Crippen molar-refractivity contribution in [2.75, 3.05) is 5.73 Å². The maximum absolute atomic E-state index is 10.8. The Hall–Kier alpha value is -1.50. The molecule has 5 N–H and O–H groups in total. The lowest BCUT2D eigenvalue weighted by Gasteiger charge is -2.02. The van der Waals surface area contributed by atoms with Gasteiger partial charge in [0.2, 0.25) is 5.57 Å². The molecule has 0 bridgehead atoms. The van der Waals surface area contributed by atoms with Crippen molar-refractivity contribution in [1.29, 1.82) is 0 Å². The summed E-state index contributed by atoms with van der Waals surface area (Å²) in [6, 6.07) is 0. The number of nitrogens with two attached hydrogens (primary N) is 1. The van der Waals surface area contributed by atoms with Crippen molar-refractivity contribution in [2.24, 2.45) is 0 Å². The number of hydrogen-bond acceptors (Lipinski definition) is 5. The summed E-state index contributed by atoms with van der Waals surface area (Å²) in [7, 11) is -4.47. The van der Waals surface area contributed by atoms with E-state index in [-0.39, 0.29) is 11.5 Å². The van der Waals surface area contributed by atoms with Gasteiger partial charge < -0.3 is 20.5 Å². The van der Waals surface area contributed by atoms with E-state index in [1.807, 2.05) is 0 Å². The van der Waals surface area contributed by atoms with E-state index in [4.69, 9.17) is 15.5 Å². The molecule has 2 aromatic heterocycles. The molecule has 9 heteroatoms. The first-order chi connectivity index (χ1) is 6.48. The fraction of sp³-hybridized carbons (Fsp3) is 0. The fourth-order valence-electron chi connectivity index (χ4n) is 0.976. The Bertz CT molecular complexity index is 531. The lowest BCUT2D eigenvalue weighted by atomic mass is 10.5. The smallest absolute Gasteiger partial charge is 0.382 e. The van der Waals surface area contributed by atoms with Crippen LogP contribution in [-0.2, 0) is 4.57 Å². The Balaban J connectivity index is 2.77. The van der Waals surface area contributed by atoms with Crippen LogP contribution in [0.2, 0.25) is 0 Å². The van der Waals surface area contributed by atoms with Crippen LogP contribution >= 0.6 is 7.60 Å². The molecule has 0 spiro atoms. The summed E-state index contributed by atoms with van der Waals surface area (Å²) in [4.78, 5) is 31.0. The number of nitrogen functional groups attached to an aromatic ring is 1. The highest BCUT2D eigenvalue weighted by atomic mass is 31.2. The fourth-order valence-corrected chi connectivity index (χ4v) is 1.44. The van der Waals surface area contributed by atoms with Gasteiger partial charge in [-0.1, -0.05) is 0 Å². The summed E-state index contributed by atoms with van der Waals surface area (Å²) in [6.07, 6.45) is 1.32. The molecular weight excluding hydrogens is 209 g/mol. The molecule has 0 aromatic carbocycles. The van der Waals surface area contributed by atoms with E-state index in [1.54, 1.807) is 0 Å². The molecule has 14 heavy (non-hydrogen) atoms. The van der Waals surface area contributed by atoms with Gasteiger partial charge in [0, 0.05) is 0 Å². The Morgan fingerprint density at radius 1 is 1.43 bits per heavy atom. The Kier molecular flexibility index (Phi) is 1.78. The Morgan fingerprint density at radius 2 is 2.14 bits per heavy atom. The minimum atomic E-state index is -4.47. The molecule has 74 valence electrons. The number of aromatic amines is 1. The highest BCUT2D eigenvalue weighted by Gasteiger charge is 2.23. The molecule has 0 unspecified atom stereocenters. The first-order valence-electron chi connectivity index (χ1n) is 3.51. The SMILES string of the molecule is Nc1nc(P(=O)(O)O)nc2[nH]cnc12. The third-order valence-corrected chi connectivity index (χ3v) is 2.28. The lowest BCUT2D eigenvalue weighted by Crippen LogP contribution is -2.16. The molecular formula is C5H6N5O3P. The van der Waals surface area contributed by atoms with Crippen LogP contribution in [0.1, 0.15) is 0 Å². The van der Waals surface area contributed by atoms with Gasteiger partial charge in [0.15, 0.2) is 11.5 Å². The molecule has 0 aliphatic heterocycles. The van der Waals surface area contributed by atoms with Crippen LogP contribution in [0.4, 0.5) is 5.82 Å². The number of aromatic nitrogens is 4. The van der Waals surface area contributed by atoms with Gasteiger partial charge in [-0.2, -0.15) is 0 Å². The predicted octanol–water partition coefficient (Wildman–Crippen LogP) is -1.26. The average molecular weight is 215 g/mol. The van der Waals surface area contributed by atoms with Gasteiger partial charge >= 0.3 is 7.60 Å². The van der Waals surface area contributed by atoms with Crippen LogP contribution in [0.15, 0.2) is 6.33 Å². The summed E-state index contributed by atoms with van der Waals surface area (Å²) in [5.41, 5.74) is 5.31. The standard InChI is InChI=1S/C5H6N5O3P/c6-3-2-4(8-1-7-2)10-5(9-3)14(11,12)13/h1H,(H2,11,12,13)(H3,6,7,8,9,10). The number of nitrogens with zero attached hydrogens (tertiary/aromatic N) is 3. The highest BCUT2D eigenvalue weighted by molar-refractivity contribution is 7.59. The highest BCUT2D eigenvalue weighted by Crippen LogP contribution is 2.31. The van der Waals surface area contributed by atoms with Gasteiger partial charge in [0.05, 0.1) is 6.33 Å². The van der Waals surface area contributed by atoms with Gasteiger partial charge in [-0.25, -0.2) is 15.0 Å². The van der Waals surface area contributed by atoms with E-state index >= 15 is 0 Å². The first kappa shape index (κ1) is 9.07. The summed E-state index contributed by atoms with van der Waals surface area (Å²) in [5.74, 6) is -0.0606. The third kappa shape index (κ3) is 1.35. The summed E-state index contributed by atoms with van der Waals surface area (Å²) >= 11 is 0. The third-order valence-electron chi connectivity index (χ3n) is 1.55. The monoisotopic (exact) mass is 215 g/mol. The number of anilines is 1. The molecule has 0 aliphatic rings. The summed E-state index contributed by atoms with van der Waals surface area (Å²) in [6.45, 7) is 0. The molecule has 8 nitrogen and oxygen atoms in total. The van der Waals surface area contributed by atoms with E-state index < -0.39 is 13.2 Å². The quantitative estimate of drug-likeness (QED) is 0.435. The predicted molar refractivity (Wildman–Crippen MR) is 47.8 cm³/mol. The van der Waals surface area contributed by atoms with Crippen LogP contribution in [0.5, 0.6) is 0 Å². The molecule has 2 rings (SSSR count). The van der Waals surface area contributed by atoms with E-state index in [9.17, 15) is 4.57 Å². The van der Waals surface area contributed by atoms with Gasteiger partial charge in [-0.15, -0.1) is 0 Å². The van der Waals surface area contributed by atoms with E-state index in [2.05, 4.69) is 19.9 Å². The second kappa shape index (κ2) is 2.74. The van der Waals surface area contributed by atoms with Crippen LogP contribution in [0, 0.1) is 0 Å². The largest absolute Gasteiger partial charge is 0.393 e. The second-order valence-corrected chi connectivity index (χ2v) is 4.04. The van der Waals surface area contributed by atoms with Gasteiger partial charge in [0.25, 0.3) is 0 Å². The summed E-state index contributed by atoms with van der Waals surface area (Å²) < 4.78 is 10.8. The zero-order valence-electron chi connectivity index (χ0n) is 6.75. The molecule has 0 fully saturated rings. The molecule has 0 saturated heterocycles. The number of H-pyrrole nitrogens is 1. The van der Waals surface area contributed by atoms with E-state index in [1.165, 1.54) is 6.33 Å². The van der Waals surface area contributed by atoms with Gasteiger partial charge in [-0.3, -0.25) is 4.57 Å².